The Morgan fingerprint density at radius 2 is 2.11 bits per heavy atom. The van der Waals surface area contributed by atoms with Crippen LogP contribution in [-0.2, 0) is 4.79 Å². The summed E-state index contributed by atoms with van der Waals surface area (Å²) < 4.78 is 0. The van der Waals surface area contributed by atoms with Gasteiger partial charge in [-0.3, -0.25) is 4.79 Å². The number of primary amides is 1. The summed E-state index contributed by atoms with van der Waals surface area (Å²) in [5, 5.41) is 0.445. The average Bonchev–Trinajstić information content (AvgIpc) is 3.22. The highest BCUT2D eigenvalue weighted by Gasteiger charge is 2.31. The predicted molar refractivity (Wildman–Crippen MR) is 73.2 cm³/mol. The van der Waals surface area contributed by atoms with Crippen LogP contribution in [0.15, 0.2) is 6.07 Å². The van der Waals surface area contributed by atoms with Crippen molar-refractivity contribution in [2.24, 2.45) is 5.73 Å². The predicted octanol–water partition coefficient (Wildman–Crippen LogP) is 1.85. The van der Waals surface area contributed by atoms with Crippen LogP contribution in [-0.4, -0.2) is 28.5 Å². The first kappa shape index (κ1) is 12.7. The van der Waals surface area contributed by atoms with E-state index in [-0.39, 0.29) is 11.9 Å². The van der Waals surface area contributed by atoms with Gasteiger partial charge in [-0.25, -0.2) is 9.97 Å². The lowest BCUT2D eigenvalue weighted by Crippen LogP contribution is -2.48. The van der Waals surface area contributed by atoms with Crippen LogP contribution >= 0.6 is 11.6 Å². The number of hydrogen-bond acceptors (Lipinski definition) is 4. The molecule has 1 saturated heterocycles. The maximum absolute atomic E-state index is 11.6. The smallest absolute Gasteiger partial charge is 0.240 e. The number of carbonyl (C=O) groups excluding carboxylic acids is 1. The van der Waals surface area contributed by atoms with Gasteiger partial charge in [0.2, 0.25) is 5.91 Å². The van der Waals surface area contributed by atoms with Gasteiger partial charge in [-0.15, -0.1) is 0 Å². The summed E-state index contributed by atoms with van der Waals surface area (Å²) in [6.45, 7) is 0.797. The zero-order chi connectivity index (χ0) is 13.4. The molecule has 102 valence electrons. The number of rotatable bonds is 3. The lowest BCUT2D eigenvalue weighted by atomic mass is 10.0. The average molecular weight is 281 g/mol. The highest BCUT2D eigenvalue weighted by atomic mass is 35.5. The second-order valence-electron chi connectivity index (χ2n) is 5.29. The maximum Gasteiger partial charge on any atom is 0.240 e. The molecule has 19 heavy (non-hydrogen) atoms. The molecule has 1 amide bonds. The minimum atomic E-state index is -0.289. The van der Waals surface area contributed by atoms with Crippen LogP contribution in [0.5, 0.6) is 0 Å². The Balaban J connectivity index is 1.92. The van der Waals surface area contributed by atoms with Crippen LogP contribution in [0.3, 0.4) is 0 Å². The SMILES string of the molecule is NC(=O)C1CCCCN1c1cc(Cl)nc(C2CC2)n1. The Hall–Kier alpha value is -1.36. The van der Waals surface area contributed by atoms with E-state index in [1.165, 1.54) is 0 Å². The summed E-state index contributed by atoms with van der Waals surface area (Å²) in [6, 6.07) is 1.46. The maximum atomic E-state index is 11.6. The van der Waals surface area contributed by atoms with Crippen LogP contribution in [0.4, 0.5) is 5.82 Å². The number of halogens is 1. The molecule has 2 fully saturated rings. The van der Waals surface area contributed by atoms with E-state index >= 15 is 0 Å². The van der Waals surface area contributed by atoms with Gasteiger partial charge in [-0.1, -0.05) is 11.6 Å². The molecule has 3 rings (SSSR count). The molecule has 2 N–H and O–H groups in total. The number of aromatic nitrogens is 2. The lowest BCUT2D eigenvalue weighted by molar-refractivity contribution is -0.119. The first-order valence-corrected chi connectivity index (χ1v) is 7.13. The lowest BCUT2D eigenvalue weighted by Gasteiger charge is -2.34. The molecule has 1 unspecified atom stereocenters. The molecule has 1 aliphatic heterocycles. The Morgan fingerprint density at radius 3 is 2.79 bits per heavy atom. The van der Waals surface area contributed by atoms with Crippen molar-refractivity contribution in [3.63, 3.8) is 0 Å². The van der Waals surface area contributed by atoms with Gasteiger partial charge < -0.3 is 10.6 Å². The van der Waals surface area contributed by atoms with Crippen molar-refractivity contribution in [2.45, 2.75) is 44.1 Å². The number of nitrogens with zero attached hydrogens (tertiary/aromatic N) is 3. The highest BCUT2D eigenvalue weighted by molar-refractivity contribution is 6.29. The van der Waals surface area contributed by atoms with Crippen LogP contribution in [0.2, 0.25) is 5.15 Å². The second-order valence-corrected chi connectivity index (χ2v) is 5.68. The number of carbonyl (C=O) groups is 1. The fourth-order valence-electron chi connectivity index (χ4n) is 2.60. The van der Waals surface area contributed by atoms with E-state index in [1.54, 1.807) is 6.07 Å². The van der Waals surface area contributed by atoms with E-state index in [1.807, 2.05) is 4.90 Å². The third-order valence-electron chi connectivity index (χ3n) is 3.77. The molecule has 2 heterocycles. The molecule has 1 aromatic rings. The Bertz CT molecular complexity index is 503. The molecule has 5 nitrogen and oxygen atoms in total. The molecule has 6 heteroatoms. The third kappa shape index (κ3) is 2.66. The minimum Gasteiger partial charge on any atom is -0.368 e. The number of piperidine rings is 1. The summed E-state index contributed by atoms with van der Waals surface area (Å²) in [7, 11) is 0. The van der Waals surface area contributed by atoms with Crippen molar-refractivity contribution in [1.29, 1.82) is 0 Å². The Kier molecular flexibility index (Phi) is 3.31. The molecule has 1 aromatic heterocycles. The van der Waals surface area contributed by atoms with Gasteiger partial charge in [0.25, 0.3) is 0 Å². The van der Waals surface area contributed by atoms with Gasteiger partial charge in [-0.05, 0) is 32.1 Å². The van der Waals surface area contributed by atoms with Gasteiger partial charge in [-0.2, -0.15) is 0 Å². The van der Waals surface area contributed by atoms with E-state index in [0.29, 0.717) is 11.1 Å². The van der Waals surface area contributed by atoms with Crippen LogP contribution in [0.25, 0.3) is 0 Å². The number of nitrogens with two attached hydrogens (primary N) is 1. The third-order valence-corrected chi connectivity index (χ3v) is 3.96. The highest BCUT2D eigenvalue weighted by Crippen LogP contribution is 2.39. The van der Waals surface area contributed by atoms with Crippen molar-refractivity contribution in [2.75, 3.05) is 11.4 Å². The number of amides is 1. The van der Waals surface area contributed by atoms with Gasteiger partial charge in [0.15, 0.2) is 0 Å². The molecular weight excluding hydrogens is 264 g/mol. The Labute approximate surface area is 117 Å². The molecule has 0 aromatic carbocycles. The van der Waals surface area contributed by atoms with Gasteiger partial charge in [0.05, 0.1) is 0 Å². The molecule has 2 aliphatic rings. The van der Waals surface area contributed by atoms with Gasteiger partial charge in [0, 0.05) is 18.5 Å². The molecular formula is C13H17ClN4O. The minimum absolute atomic E-state index is 0.272. The van der Waals surface area contributed by atoms with Crippen molar-refractivity contribution >= 4 is 23.3 Å². The quantitative estimate of drug-likeness (QED) is 0.858. The van der Waals surface area contributed by atoms with Gasteiger partial charge in [0.1, 0.15) is 22.8 Å². The fraction of sp³-hybridized carbons (Fsp3) is 0.615. The van der Waals surface area contributed by atoms with E-state index < -0.39 is 0 Å². The number of anilines is 1. The van der Waals surface area contributed by atoms with Gasteiger partial charge >= 0.3 is 0 Å². The Morgan fingerprint density at radius 1 is 1.32 bits per heavy atom. The van der Waals surface area contributed by atoms with Crippen molar-refractivity contribution in [1.82, 2.24) is 9.97 Å². The topological polar surface area (TPSA) is 72.1 Å². The standard InChI is InChI=1S/C13H17ClN4O/c14-10-7-11(17-13(16-10)8-4-5-8)18-6-2-1-3-9(18)12(15)19/h7-9H,1-6H2,(H2,15,19). The normalized spacial score (nSPS) is 23.4. The first-order valence-electron chi connectivity index (χ1n) is 6.75. The molecule has 0 radical (unpaired) electrons. The summed E-state index contributed by atoms with van der Waals surface area (Å²) in [5.41, 5.74) is 5.49. The molecule has 1 aliphatic carbocycles. The monoisotopic (exact) mass is 280 g/mol. The molecule has 1 atom stereocenters. The summed E-state index contributed by atoms with van der Waals surface area (Å²) in [5.74, 6) is 1.69. The summed E-state index contributed by atoms with van der Waals surface area (Å²) in [6.07, 6.45) is 5.11. The summed E-state index contributed by atoms with van der Waals surface area (Å²) in [4.78, 5) is 22.4. The van der Waals surface area contributed by atoms with Crippen molar-refractivity contribution in [3.8, 4) is 0 Å². The van der Waals surface area contributed by atoms with Crippen molar-refractivity contribution < 1.29 is 4.79 Å². The van der Waals surface area contributed by atoms with E-state index in [9.17, 15) is 4.79 Å². The molecule has 0 bridgehead atoms. The van der Waals surface area contributed by atoms with Crippen LogP contribution in [0.1, 0.15) is 43.8 Å². The van der Waals surface area contributed by atoms with Crippen LogP contribution in [0, 0.1) is 0 Å². The van der Waals surface area contributed by atoms with E-state index in [4.69, 9.17) is 17.3 Å². The second kappa shape index (κ2) is 4.96. The fourth-order valence-corrected chi connectivity index (χ4v) is 2.78. The zero-order valence-electron chi connectivity index (χ0n) is 10.7. The van der Waals surface area contributed by atoms with Crippen LogP contribution < -0.4 is 10.6 Å². The summed E-state index contributed by atoms with van der Waals surface area (Å²) >= 11 is 6.07. The van der Waals surface area contributed by atoms with E-state index in [2.05, 4.69) is 9.97 Å². The molecule has 0 spiro atoms. The van der Waals surface area contributed by atoms with E-state index in [0.717, 1.165) is 50.3 Å². The largest absolute Gasteiger partial charge is 0.368 e. The first-order chi connectivity index (χ1) is 9.15. The van der Waals surface area contributed by atoms with Crippen molar-refractivity contribution in [3.05, 3.63) is 17.0 Å². The zero-order valence-corrected chi connectivity index (χ0v) is 11.4. The molecule has 1 saturated carbocycles. The number of hydrogen-bond donors (Lipinski definition) is 1.